The molecule has 0 saturated carbocycles. The van der Waals surface area contributed by atoms with E-state index in [4.69, 9.17) is 28.5 Å². The first-order valence-electron chi connectivity index (χ1n) is 4.16. The summed E-state index contributed by atoms with van der Waals surface area (Å²) in [6, 6.07) is 11.2. The van der Waals surface area contributed by atoms with Gasteiger partial charge in [0.05, 0.1) is 16.0 Å². The zero-order valence-electron chi connectivity index (χ0n) is 7.50. The van der Waals surface area contributed by atoms with Gasteiger partial charge in [0.1, 0.15) is 4.34 Å². The summed E-state index contributed by atoms with van der Waals surface area (Å²) in [6.07, 6.45) is 0. The number of nitrogens with zero attached hydrogens (tertiary/aromatic N) is 1. The molecule has 74 valence electrons. The fraction of sp³-hybridized carbons (Fsp3) is 0. The Hall–Kier alpha value is -1.01. The van der Waals surface area contributed by atoms with Gasteiger partial charge in [-0.25, -0.2) is 0 Å². The molecule has 0 aliphatic rings. The van der Waals surface area contributed by atoms with E-state index in [2.05, 4.69) is 6.07 Å². The molecule has 0 radical (unpaired) electrons. The monoisotopic (exact) mass is 253 g/mol. The van der Waals surface area contributed by atoms with Gasteiger partial charge in [-0.05, 0) is 12.1 Å². The van der Waals surface area contributed by atoms with E-state index in [1.165, 1.54) is 11.3 Å². The molecule has 1 nitrogen and oxygen atoms in total. The number of halogens is 2. The lowest BCUT2D eigenvalue weighted by Crippen LogP contribution is -1.81. The van der Waals surface area contributed by atoms with Crippen LogP contribution in [0, 0.1) is 11.3 Å². The summed E-state index contributed by atoms with van der Waals surface area (Å²) in [5, 5.41) is 8.95. The summed E-state index contributed by atoms with van der Waals surface area (Å²) in [6.45, 7) is 0. The molecule has 0 N–H and O–H groups in total. The number of benzene rings is 1. The van der Waals surface area contributed by atoms with Crippen molar-refractivity contribution in [3.05, 3.63) is 44.6 Å². The van der Waals surface area contributed by atoms with Crippen LogP contribution >= 0.6 is 34.5 Å². The lowest BCUT2D eigenvalue weighted by molar-refractivity contribution is 1.48. The van der Waals surface area contributed by atoms with Crippen molar-refractivity contribution >= 4 is 34.5 Å². The first kappa shape index (κ1) is 10.5. The maximum atomic E-state index is 8.95. The second-order valence-electron chi connectivity index (χ2n) is 2.90. The second-order valence-corrected chi connectivity index (χ2v) is 5.18. The molecular formula is C11H5Cl2NS. The van der Waals surface area contributed by atoms with Crippen LogP contribution in [-0.4, -0.2) is 0 Å². The Morgan fingerprint density at radius 3 is 2.47 bits per heavy atom. The van der Waals surface area contributed by atoms with Crippen molar-refractivity contribution in [2.24, 2.45) is 0 Å². The van der Waals surface area contributed by atoms with Gasteiger partial charge in [-0.15, -0.1) is 11.3 Å². The summed E-state index contributed by atoms with van der Waals surface area (Å²) < 4.78 is 1.24. The molecule has 0 bridgehead atoms. The van der Waals surface area contributed by atoms with E-state index >= 15 is 0 Å². The zero-order chi connectivity index (χ0) is 10.8. The predicted octanol–water partition coefficient (Wildman–Crippen LogP) is 4.59. The summed E-state index contributed by atoms with van der Waals surface area (Å²) in [5.41, 5.74) is 2.26. The fourth-order valence-corrected chi connectivity index (χ4v) is 2.83. The lowest BCUT2D eigenvalue weighted by Gasteiger charge is -2.00. The maximum absolute atomic E-state index is 8.95. The minimum absolute atomic E-state index is 0.605. The van der Waals surface area contributed by atoms with Gasteiger partial charge in [0.15, 0.2) is 0 Å². The fourth-order valence-electron chi connectivity index (χ4n) is 1.34. The van der Waals surface area contributed by atoms with Crippen LogP contribution in [0.2, 0.25) is 8.67 Å². The second kappa shape index (κ2) is 4.24. The summed E-state index contributed by atoms with van der Waals surface area (Å²) >= 11 is 13.2. The Morgan fingerprint density at radius 1 is 1.13 bits per heavy atom. The molecule has 0 aliphatic carbocycles. The van der Waals surface area contributed by atoms with E-state index in [9.17, 15) is 0 Å². The van der Waals surface area contributed by atoms with E-state index < -0.39 is 0 Å². The number of hydrogen-bond acceptors (Lipinski definition) is 2. The van der Waals surface area contributed by atoms with Crippen molar-refractivity contribution in [3.63, 3.8) is 0 Å². The van der Waals surface area contributed by atoms with Gasteiger partial charge in [-0.1, -0.05) is 41.4 Å². The quantitative estimate of drug-likeness (QED) is 0.729. The van der Waals surface area contributed by atoms with Crippen LogP contribution in [-0.2, 0) is 0 Å². The van der Waals surface area contributed by atoms with Crippen LogP contribution in [0.3, 0.4) is 0 Å². The van der Waals surface area contributed by atoms with E-state index in [-0.39, 0.29) is 0 Å². The molecule has 0 atom stereocenters. The molecule has 0 amide bonds. The van der Waals surface area contributed by atoms with Gasteiger partial charge in [-0.3, -0.25) is 0 Å². The molecule has 2 aromatic rings. The lowest BCUT2D eigenvalue weighted by atomic mass is 10.0. The minimum Gasteiger partial charge on any atom is -0.192 e. The minimum atomic E-state index is 0.605. The molecule has 0 spiro atoms. The molecule has 2 rings (SSSR count). The Labute approximate surface area is 101 Å². The van der Waals surface area contributed by atoms with Crippen LogP contribution in [0.25, 0.3) is 11.1 Å². The average Bonchev–Trinajstić information content (AvgIpc) is 2.57. The van der Waals surface area contributed by atoms with E-state index in [0.717, 1.165) is 11.1 Å². The third-order valence-corrected chi connectivity index (χ3v) is 3.48. The van der Waals surface area contributed by atoms with Gasteiger partial charge in [-0.2, -0.15) is 5.26 Å². The van der Waals surface area contributed by atoms with E-state index in [0.29, 0.717) is 14.2 Å². The molecule has 1 aromatic heterocycles. The standard InChI is InChI=1S/C11H5Cl2NS/c12-10-5-9(11(13)15-10)8-4-2-1-3-7(8)6-14/h1-5H. The molecular weight excluding hydrogens is 249 g/mol. The first-order valence-corrected chi connectivity index (χ1v) is 5.74. The Kier molecular flexibility index (Phi) is 2.97. The number of hydrogen-bond donors (Lipinski definition) is 0. The van der Waals surface area contributed by atoms with Crippen LogP contribution in [0.4, 0.5) is 0 Å². The predicted molar refractivity (Wildman–Crippen MR) is 64.5 cm³/mol. The van der Waals surface area contributed by atoms with Gasteiger partial charge in [0.2, 0.25) is 0 Å². The van der Waals surface area contributed by atoms with Crippen LogP contribution < -0.4 is 0 Å². The number of thiophene rings is 1. The third kappa shape index (κ3) is 2.00. The van der Waals surface area contributed by atoms with Crippen molar-refractivity contribution < 1.29 is 0 Å². The van der Waals surface area contributed by atoms with Gasteiger partial charge >= 0.3 is 0 Å². The van der Waals surface area contributed by atoms with Gasteiger partial charge in [0.25, 0.3) is 0 Å². The summed E-state index contributed by atoms with van der Waals surface area (Å²) in [7, 11) is 0. The number of rotatable bonds is 1. The molecule has 0 aliphatic heterocycles. The molecule has 1 aromatic carbocycles. The summed E-state index contributed by atoms with van der Waals surface area (Å²) in [4.78, 5) is 0. The molecule has 0 fully saturated rings. The SMILES string of the molecule is N#Cc1ccccc1-c1cc(Cl)sc1Cl. The van der Waals surface area contributed by atoms with Crippen molar-refractivity contribution in [1.82, 2.24) is 0 Å². The summed E-state index contributed by atoms with van der Waals surface area (Å²) in [5.74, 6) is 0. The highest BCUT2D eigenvalue weighted by molar-refractivity contribution is 7.20. The Bertz CT molecular complexity index is 540. The van der Waals surface area contributed by atoms with Crippen molar-refractivity contribution in [3.8, 4) is 17.2 Å². The Morgan fingerprint density at radius 2 is 1.87 bits per heavy atom. The molecule has 15 heavy (non-hydrogen) atoms. The smallest absolute Gasteiger partial charge is 0.102 e. The highest BCUT2D eigenvalue weighted by Crippen LogP contribution is 2.39. The third-order valence-electron chi connectivity index (χ3n) is 1.99. The van der Waals surface area contributed by atoms with E-state index in [1.807, 2.05) is 18.2 Å². The highest BCUT2D eigenvalue weighted by atomic mass is 35.5. The average molecular weight is 254 g/mol. The Balaban J connectivity index is 2.64. The number of nitriles is 1. The first-order chi connectivity index (χ1) is 7.22. The maximum Gasteiger partial charge on any atom is 0.102 e. The van der Waals surface area contributed by atoms with Crippen LogP contribution in [0.1, 0.15) is 5.56 Å². The van der Waals surface area contributed by atoms with Crippen molar-refractivity contribution in [2.75, 3.05) is 0 Å². The molecule has 1 heterocycles. The highest BCUT2D eigenvalue weighted by Gasteiger charge is 2.11. The van der Waals surface area contributed by atoms with Gasteiger partial charge < -0.3 is 0 Å². The zero-order valence-corrected chi connectivity index (χ0v) is 9.83. The van der Waals surface area contributed by atoms with Crippen molar-refractivity contribution in [2.45, 2.75) is 0 Å². The van der Waals surface area contributed by atoms with Crippen molar-refractivity contribution in [1.29, 1.82) is 5.26 Å². The van der Waals surface area contributed by atoms with Crippen LogP contribution in [0.15, 0.2) is 30.3 Å². The molecule has 0 saturated heterocycles. The largest absolute Gasteiger partial charge is 0.192 e. The van der Waals surface area contributed by atoms with Gasteiger partial charge in [0, 0.05) is 11.1 Å². The topological polar surface area (TPSA) is 23.8 Å². The van der Waals surface area contributed by atoms with E-state index in [1.54, 1.807) is 12.1 Å². The normalized spacial score (nSPS) is 9.93. The molecule has 0 unspecified atom stereocenters. The van der Waals surface area contributed by atoms with Crippen LogP contribution in [0.5, 0.6) is 0 Å². The molecule has 4 heteroatoms.